The fraction of sp³-hybridized carbons (Fsp3) is 0.143. The maximum absolute atomic E-state index is 12.5. The number of ether oxygens (including phenoxy) is 3. The Hall–Kier alpha value is -3.54. The van der Waals surface area contributed by atoms with Crippen LogP contribution in [0.5, 0.6) is 17.2 Å². The van der Waals surface area contributed by atoms with E-state index in [4.69, 9.17) is 14.2 Å². The average molecular weight is 360 g/mol. The molecular formula is C21H16N2O4. The maximum Gasteiger partial charge on any atom is 0.231 e. The van der Waals surface area contributed by atoms with Crippen LogP contribution in [0.15, 0.2) is 42.5 Å². The number of carbonyl (C=O) groups excluding carboxylic acids is 1. The molecule has 0 saturated heterocycles. The molecule has 1 N–H and O–H groups in total. The smallest absolute Gasteiger partial charge is 0.231 e. The SMILES string of the molecule is COc1ccc2c(c1)-c1n[nH]c(/C=C/C(=O)c3ccc4c(c3)OCO4)c1C2. The highest BCUT2D eigenvalue weighted by atomic mass is 16.7. The number of fused-ring (bicyclic) bond motifs is 4. The second-order valence-corrected chi connectivity index (χ2v) is 6.43. The number of methoxy groups -OCH3 is 1. The van der Waals surface area contributed by atoms with E-state index in [0.29, 0.717) is 17.1 Å². The lowest BCUT2D eigenvalue weighted by atomic mass is 10.1. The van der Waals surface area contributed by atoms with Gasteiger partial charge in [-0.2, -0.15) is 5.10 Å². The molecule has 27 heavy (non-hydrogen) atoms. The fourth-order valence-electron chi connectivity index (χ4n) is 3.47. The predicted octanol–water partition coefficient (Wildman–Crippen LogP) is 3.61. The molecule has 0 radical (unpaired) electrons. The van der Waals surface area contributed by atoms with Gasteiger partial charge in [-0.1, -0.05) is 6.07 Å². The van der Waals surface area contributed by atoms with Gasteiger partial charge in [0.2, 0.25) is 6.79 Å². The lowest BCUT2D eigenvalue weighted by Gasteiger charge is -2.02. The van der Waals surface area contributed by atoms with E-state index in [-0.39, 0.29) is 12.6 Å². The highest BCUT2D eigenvalue weighted by molar-refractivity contribution is 6.07. The Morgan fingerprint density at radius 3 is 2.96 bits per heavy atom. The number of H-pyrrole nitrogens is 1. The third-order valence-electron chi connectivity index (χ3n) is 4.90. The monoisotopic (exact) mass is 360 g/mol. The molecule has 0 spiro atoms. The lowest BCUT2D eigenvalue weighted by Crippen LogP contribution is -1.95. The molecule has 2 aliphatic rings. The Morgan fingerprint density at radius 2 is 2.07 bits per heavy atom. The number of aromatic nitrogens is 2. The zero-order valence-electron chi connectivity index (χ0n) is 14.6. The summed E-state index contributed by atoms with van der Waals surface area (Å²) in [6.45, 7) is 0.189. The third-order valence-corrected chi connectivity index (χ3v) is 4.90. The van der Waals surface area contributed by atoms with Crippen molar-refractivity contribution in [3.63, 3.8) is 0 Å². The summed E-state index contributed by atoms with van der Waals surface area (Å²) in [5.74, 6) is 1.96. The number of benzene rings is 2. The van der Waals surface area contributed by atoms with Gasteiger partial charge < -0.3 is 14.2 Å². The van der Waals surface area contributed by atoms with Crippen LogP contribution in [0.1, 0.15) is 27.2 Å². The highest BCUT2D eigenvalue weighted by Gasteiger charge is 2.24. The first-order valence-electron chi connectivity index (χ1n) is 8.59. The number of ketones is 1. The number of allylic oxidation sites excluding steroid dienone is 1. The quantitative estimate of drug-likeness (QED) is 0.444. The molecule has 1 aromatic heterocycles. The molecule has 0 unspecified atom stereocenters. The number of hydrogen-bond donors (Lipinski definition) is 1. The van der Waals surface area contributed by atoms with Gasteiger partial charge in [-0.3, -0.25) is 9.89 Å². The molecule has 3 aromatic rings. The van der Waals surface area contributed by atoms with E-state index in [1.54, 1.807) is 37.5 Å². The largest absolute Gasteiger partial charge is 0.497 e. The normalized spacial score (nSPS) is 13.7. The second-order valence-electron chi connectivity index (χ2n) is 6.43. The van der Waals surface area contributed by atoms with Crippen molar-refractivity contribution in [1.82, 2.24) is 10.2 Å². The molecule has 1 aliphatic carbocycles. The van der Waals surface area contributed by atoms with Crippen molar-refractivity contribution in [2.45, 2.75) is 6.42 Å². The first-order chi connectivity index (χ1) is 13.2. The van der Waals surface area contributed by atoms with Gasteiger partial charge in [-0.25, -0.2) is 0 Å². The highest BCUT2D eigenvalue weighted by Crippen LogP contribution is 2.39. The van der Waals surface area contributed by atoms with E-state index in [1.165, 1.54) is 5.56 Å². The summed E-state index contributed by atoms with van der Waals surface area (Å²) in [6, 6.07) is 11.2. The molecule has 1 aliphatic heterocycles. The van der Waals surface area contributed by atoms with Crippen molar-refractivity contribution in [2.75, 3.05) is 13.9 Å². The summed E-state index contributed by atoms with van der Waals surface area (Å²) in [4.78, 5) is 12.5. The van der Waals surface area contributed by atoms with E-state index in [2.05, 4.69) is 16.3 Å². The summed E-state index contributed by atoms with van der Waals surface area (Å²) in [6.07, 6.45) is 4.11. The minimum atomic E-state index is -0.103. The van der Waals surface area contributed by atoms with Gasteiger partial charge in [0.25, 0.3) is 0 Å². The Morgan fingerprint density at radius 1 is 1.19 bits per heavy atom. The lowest BCUT2D eigenvalue weighted by molar-refractivity contribution is 0.104. The maximum atomic E-state index is 12.5. The zero-order chi connectivity index (χ0) is 18.4. The molecule has 0 saturated carbocycles. The van der Waals surface area contributed by atoms with Crippen LogP contribution in [-0.2, 0) is 6.42 Å². The summed E-state index contributed by atoms with van der Waals surface area (Å²) in [5, 5.41) is 7.46. The minimum absolute atomic E-state index is 0.103. The van der Waals surface area contributed by atoms with E-state index in [1.807, 2.05) is 12.1 Å². The van der Waals surface area contributed by atoms with Crippen LogP contribution in [0.2, 0.25) is 0 Å². The molecule has 5 rings (SSSR count). The van der Waals surface area contributed by atoms with Crippen LogP contribution >= 0.6 is 0 Å². The summed E-state index contributed by atoms with van der Waals surface area (Å²) >= 11 is 0. The number of nitrogens with zero attached hydrogens (tertiary/aromatic N) is 1. The van der Waals surface area contributed by atoms with Crippen molar-refractivity contribution >= 4 is 11.9 Å². The van der Waals surface area contributed by atoms with Gasteiger partial charge in [0.05, 0.1) is 18.5 Å². The van der Waals surface area contributed by atoms with Crippen molar-refractivity contribution in [2.24, 2.45) is 0 Å². The van der Waals surface area contributed by atoms with Gasteiger partial charge >= 0.3 is 0 Å². The Kier molecular flexibility index (Phi) is 3.50. The molecule has 0 amide bonds. The summed E-state index contributed by atoms with van der Waals surface area (Å²) < 4.78 is 15.9. The van der Waals surface area contributed by atoms with Crippen molar-refractivity contribution in [1.29, 1.82) is 0 Å². The molecule has 0 bridgehead atoms. The van der Waals surface area contributed by atoms with Crippen LogP contribution in [0.25, 0.3) is 17.3 Å². The molecule has 2 heterocycles. The Balaban J connectivity index is 1.41. The van der Waals surface area contributed by atoms with Gasteiger partial charge in [0.1, 0.15) is 5.75 Å². The molecule has 6 nitrogen and oxygen atoms in total. The molecular weight excluding hydrogens is 344 g/mol. The number of nitrogens with one attached hydrogen (secondary N) is 1. The Labute approximate surface area is 155 Å². The first kappa shape index (κ1) is 15.7. The summed E-state index contributed by atoms with van der Waals surface area (Å²) in [5.41, 5.74) is 5.68. The minimum Gasteiger partial charge on any atom is -0.497 e. The van der Waals surface area contributed by atoms with Crippen molar-refractivity contribution in [3.8, 4) is 28.5 Å². The number of aromatic amines is 1. The molecule has 134 valence electrons. The summed E-state index contributed by atoms with van der Waals surface area (Å²) in [7, 11) is 1.65. The third kappa shape index (κ3) is 2.57. The van der Waals surface area contributed by atoms with Crippen LogP contribution < -0.4 is 14.2 Å². The van der Waals surface area contributed by atoms with Gasteiger partial charge in [-0.05, 0) is 48.0 Å². The molecule has 2 aromatic carbocycles. The van der Waals surface area contributed by atoms with E-state index in [9.17, 15) is 4.79 Å². The van der Waals surface area contributed by atoms with E-state index >= 15 is 0 Å². The predicted molar refractivity (Wildman–Crippen MR) is 99.3 cm³/mol. The van der Waals surface area contributed by atoms with Gasteiger partial charge in [0, 0.05) is 23.1 Å². The Bertz CT molecular complexity index is 1100. The van der Waals surface area contributed by atoms with Crippen LogP contribution in [-0.4, -0.2) is 29.9 Å². The van der Waals surface area contributed by atoms with Crippen LogP contribution in [0.4, 0.5) is 0 Å². The fourth-order valence-corrected chi connectivity index (χ4v) is 3.47. The molecule has 0 atom stereocenters. The van der Waals surface area contributed by atoms with E-state index in [0.717, 1.165) is 34.7 Å². The second kappa shape index (κ2) is 6.02. The molecule has 6 heteroatoms. The van der Waals surface area contributed by atoms with Crippen LogP contribution in [0.3, 0.4) is 0 Å². The van der Waals surface area contributed by atoms with Crippen LogP contribution in [0, 0.1) is 0 Å². The number of carbonyl (C=O) groups is 1. The standard InChI is InChI=1S/C21H16N2O4/c1-25-14-4-2-12-8-16-17(22-23-21(16)15(12)10-14)5-6-18(24)13-3-7-19-20(9-13)27-11-26-19/h2-7,9-10H,8,11H2,1H3,(H,22,23)/b6-5+. The molecule has 0 fully saturated rings. The van der Waals surface area contributed by atoms with Gasteiger partial charge in [-0.15, -0.1) is 0 Å². The number of rotatable bonds is 4. The first-order valence-corrected chi connectivity index (χ1v) is 8.59. The van der Waals surface area contributed by atoms with Crippen molar-refractivity contribution in [3.05, 3.63) is 64.9 Å². The average Bonchev–Trinajstić information content (AvgIpc) is 3.40. The van der Waals surface area contributed by atoms with E-state index < -0.39 is 0 Å². The number of hydrogen-bond acceptors (Lipinski definition) is 5. The van der Waals surface area contributed by atoms with Gasteiger partial charge in [0.15, 0.2) is 17.3 Å². The zero-order valence-corrected chi connectivity index (χ0v) is 14.6. The topological polar surface area (TPSA) is 73.4 Å². The van der Waals surface area contributed by atoms with Crippen molar-refractivity contribution < 1.29 is 19.0 Å².